The van der Waals surface area contributed by atoms with Crippen LogP contribution in [0.25, 0.3) is 0 Å². The van der Waals surface area contributed by atoms with Crippen molar-refractivity contribution in [1.82, 2.24) is 9.62 Å². The zero-order valence-corrected chi connectivity index (χ0v) is 21.5. The standard InChI is InChI=1S/C23H21BrCl2N2O4S/c1-32-19-7-2-16(3-8-19)13-27-23(29)15-28(14-17-4-11-21(25)22(26)12-17)33(30,31)20-9-5-18(24)6-10-20/h2-12H,13-15H2,1H3,(H,27,29). The molecule has 0 spiro atoms. The van der Waals surface area contributed by atoms with Crippen LogP contribution in [0, 0.1) is 0 Å². The number of benzene rings is 3. The maximum absolute atomic E-state index is 13.3. The number of sulfonamides is 1. The van der Waals surface area contributed by atoms with Crippen LogP contribution in [0.1, 0.15) is 11.1 Å². The first-order valence-corrected chi connectivity index (χ1v) is 12.8. The Morgan fingerprint density at radius 1 is 0.970 bits per heavy atom. The van der Waals surface area contributed by atoms with Gasteiger partial charge in [0.25, 0.3) is 0 Å². The summed E-state index contributed by atoms with van der Waals surface area (Å²) < 4.78 is 33.7. The van der Waals surface area contributed by atoms with Crippen LogP contribution in [0.4, 0.5) is 0 Å². The number of nitrogens with zero attached hydrogens (tertiary/aromatic N) is 1. The maximum atomic E-state index is 13.3. The van der Waals surface area contributed by atoms with Gasteiger partial charge in [0.1, 0.15) is 5.75 Å². The Labute approximate surface area is 211 Å². The van der Waals surface area contributed by atoms with Crippen molar-refractivity contribution >= 4 is 55.1 Å². The summed E-state index contributed by atoms with van der Waals surface area (Å²) in [5.41, 5.74) is 1.46. The molecule has 0 bridgehead atoms. The lowest BCUT2D eigenvalue weighted by atomic mass is 10.2. The van der Waals surface area contributed by atoms with E-state index in [0.717, 1.165) is 14.3 Å². The van der Waals surface area contributed by atoms with E-state index in [2.05, 4.69) is 21.2 Å². The quantitative estimate of drug-likeness (QED) is 0.379. The number of halogens is 3. The highest BCUT2D eigenvalue weighted by Gasteiger charge is 2.27. The highest BCUT2D eigenvalue weighted by atomic mass is 79.9. The van der Waals surface area contributed by atoms with E-state index in [1.807, 2.05) is 12.1 Å². The first-order chi connectivity index (χ1) is 15.7. The van der Waals surface area contributed by atoms with E-state index in [0.29, 0.717) is 21.4 Å². The molecule has 1 N–H and O–H groups in total. The van der Waals surface area contributed by atoms with Crippen LogP contribution in [0.2, 0.25) is 10.0 Å². The molecule has 0 aliphatic carbocycles. The topological polar surface area (TPSA) is 75.7 Å². The number of amides is 1. The van der Waals surface area contributed by atoms with Gasteiger partial charge in [-0.1, -0.05) is 57.3 Å². The van der Waals surface area contributed by atoms with E-state index < -0.39 is 15.9 Å². The predicted molar refractivity (Wildman–Crippen MR) is 133 cm³/mol. The number of hydrogen-bond acceptors (Lipinski definition) is 4. The second kappa shape index (κ2) is 11.4. The van der Waals surface area contributed by atoms with Crippen LogP contribution < -0.4 is 10.1 Å². The Morgan fingerprint density at radius 3 is 2.21 bits per heavy atom. The smallest absolute Gasteiger partial charge is 0.243 e. The number of carbonyl (C=O) groups excluding carboxylic acids is 1. The lowest BCUT2D eigenvalue weighted by molar-refractivity contribution is -0.121. The molecule has 1 amide bonds. The summed E-state index contributed by atoms with van der Waals surface area (Å²) in [7, 11) is -2.39. The normalized spacial score (nSPS) is 11.4. The van der Waals surface area contributed by atoms with Crippen molar-refractivity contribution in [3.05, 3.63) is 92.4 Å². The van der Waals surface area contributed by atoms with Gasteiger partial charge in [-0.2, -0.15) is 4.31 Å². The number of carbonyl (C=O) groups is 1. The molecule has 33 heavy (non-hydrogen) atoms. The maximum Gasteiger partial charge on any atom is 0.243 e. The average Bonchev–Trinajstić information content (AvgIpc) is 2.80. The molecule has 0 atom stereocenters. The fourth-order valence-electron chi connectivity index (χ4n) is 2.98. The summed E-state index contributed by atoms with van der Waals surface area (Å²) in [6.07, 6.45) is 0. The lowest BCUT2D eigenvalue weighted by Crippen LogP contribution is -2.40. The third-order valence-electron chi connectivity index (χ3n) is 4.76. The summed E-state index contributed by atoms with van der Waals surface area (Å²) in [6.45, 7) is -0.165. The lowest BCUT2D eigenvalue weighted by Gasteiger charge is -2.22. The molecule has 0 unspecified atom stereocenters. The van der Waals surface area contributed by atoms with Gasteiger partial charge in [-0.15, -0.1) is 0 Å². The monoisotopic (exact) mass is 570 g/mol. The summed E-state index contributed by atoms with van der Waals surface area (Å²) in [4.78, 5) is 12.8. The minimum atomic E-state index is -3.97. The van der Waals surface area contributed by atoms with Crippen molar-refractivity contribution in [2.75, 3.05) is 13.7 Å². The van der Waals surface area contributed by atoms with Crippen LogP contribution in [0.3, 0.4) is 0 Å². The van der Waals surface area contributed by atoms with Gasteiger partial charge in [0.15, 0.2) is 0 Å². The first kappa shape index (κ1) is 25.5. The number of hydrogen-bond donors (Lipinski definition) is 1. The summed E-state index contributed by atoms with van der Waals surface area (Å²) in [5, 5.41) is 3.43. The minimum absolute atomic E-state index is 0.0504. The Hall–Kier alpha value is -2.10. The molecule has 6 nitrogen and oxygen atoms in total. The van der Waals surface area contributed by atoms with Crippen LogP contribution in [0.5, 0.6) is 5.75 Å². The molecule has 0 fully saturated rings. The van der Waals surface area contributed by atoms with E-state index in [1.165, 1.54) is 12.1 Å². The molecule has 3 rings (SSSR count). The molecule has 0 saturated heterocycles. The van der Waals surface area contributed by atoms with Gasteiger partial charge in [-0.05, 0) is 59.7 Å². The second-order valence-corrected chi connectivity index (χ2v) is 10.8. The Kier molecular flexibility index (Phi) is 8.78. The summed E-state index contributed by atoms with van der Waals surface area (Å²) in [6, 6.07) is 18.3. The van der Waals surface area contributed by atoms with Crippen molar-refractivity contribution in [2.24, 2.45) is 0 Å². The Balaban J connectivity index is 1.79. The van der Waals surface area contributed by atoms with Crippen molar-refractivity contribution < 1.29 is 17.9 Å². The summed E-state index contributed by atoms with van der Waals surface area (Å²) >= 11 is 15.4. The van der Waals surface area contributed by atoms with Crippen LogP contribution in [0.15, 0.2) is 76.1 Å². The zero-order chi connectivity index (χ0) is 24.0. The summed E-state index contributed by atoms with van der Waals surface area (Å²) in [5.74, 6) is 0.269. The van der Waals surface area contributed by atoms with E-state index >= 15 is 0 Å². The Morgan fingerprint density at radius 2 is 1.61 bits per heavy atom. The molecule has 0 heterocycles. The molecule has 3 aromatic rings. The van der Waals surface area contributed by atoms with Crippen LogP contribution >= 0.6 is 39.1 Å². The third-order valence-corrected chi connectivity index (χ3v) is 7.84. The highest BCUT2D eigenvalue weighted by Crippen LogP contribution is 2.25. The van der Waals surface area contributed by atoms with Crippen LogP contribution in [-0.2, 0) is 27.9 Å². The van der Waals surface area contributed by atoms with Crippen LogP contribution in [-0.4, -0.2) is 32.3 Å². The highest BCUT2D eigenvalue weighted by molar-refractivity contribution is 9.10. The van der Waals surface area contributed by atoms with Gasteiger partial charge < -0.3 is 10.1 Å². The van der Waals surface area contributed by atoms with Crippen molar-refractivity contribution in [3.8, 4) is 5.75 Å². The van der Waals surface area contributed by atoms with Gasteiger partial charge >= 0.3 is 0 Å². The largest absolute Gasteiger partial charge is 0.497 e. The molecule has 3 aromatic carbocycles. The van der Waals surface area contributed by atoms with Gasteiger partial charge in [-0.25, -0.2) is 8.42 Å². The number of methoxy groups -OCH3 is 1. The molecular weight excluding hydrogens is 551 g/mol. The number of rotatable bonds is 9. The number of ether oxygens (including phenoxy) is 1. The molecule has 0 saturated carbocycles. The third kappa shape index (κ3) is 6.94. The zero-order valence-electron chi connectivity index (χ0n) is 17.6. The van der Waals surface area contributed by atoms with E-state index in [-0.39, 0.29) is 24.5 Å². The van der Waals surface area contributed by atoms with Gasteiger partial charge in [-0.3, -0.25) is 4.79 Å². The van der Waals surface area contributed by atoms with Gasteiger partial charge in [0, 0.05) is 17.6 Å². The number of nitrogens with one attached hydrogen (secondary N) is 1. The van der Waals surface area contributed by atoms with Crippen molar-refractivity contribution in [1.29, 1.82) is 0 Å². The fraction of sp³-hybridized carbons (Fsp3) is 0.174. The minimum Gasteiger partial charge on any atom is -0.497 e. The molecule has 0 aliphatic heterocycles. The van der Waals surface area contributed by atoms with Crippen molar-refractivity contribution in [3.63, 3.8) is 0 Å². The molecular formula is C23H21BrCl2N2O4S. The second-order valence-electron chi connectivity index (χ2n) is 7.10. The van der Waals surface area contributed by atoms with E-state index in [9.17, 15) is 13.2 Å². The van der Waals surface area contributed by atoms with E-state index in [1.54, 1.807) is 49.6 Å². The fourth-order valence-corrected chi connectivity index (χ4v) is 4.95. The molecule has 0 radical (unpaired) electrons. The predicted octanol–water partition coefficient (Wildman–Crippen LogP) is 5.27. The average molecular weight is 572 g/mol. The van der Waals surface area contributed by atoms with Crippen molar-refractivity contribution in [2.45, 2.75) is 18.0 Å². The van der Waals surface area contributed by atoms with E-state index in [4.69, 9.17) is 27.9 Å². The Bertz CT molecular complexity index is 1220. The molecule has 0 aliphatic rings. The first-order valence-electron chi connectivity index (χ1n) is 9.78. The van der Waals surface area contributed by atoms with Gasteiger partial charge in [0.2, 0.25) is 15.9 Å². The molecule has 174 valence electrons. The molecule has 0 aromatic heterocycles. The van der Waals surface area contributed by atoms with Gasteiger partial charge in [0.05, 0.1) is 28.6 Å². The SMILES string of the molecule is COc1ccc(CNC(=O)CN(Cc2ccc(Cl)c(Cl)c2)S(=O)(=O)c2ccc(Br)cc2)cc1. The molecule has 10 heteroatoms.